The van der Waals surface area contributed by atoms with Crippen LogP contribution in [-0.4, -0.2) is 24.1 Å². The Balaban J connectivity index is 1.63. The molecule has 5 nitrogen and oxygen atoms in total. The van der Waals surface area contributed by atoms with E-state index in [-0.39, 0.29) is 11.6 Å². The minimum absolute atomic E-state index is 0.285. The maximum atomic E-state index is 14.2. The molecule has 0 saturated carbocycles. The Morgan fingerprint density at radius 2 is 1.74 bits per heavy atom. The van der Waals surface area contributed by atoms with Crippen LogP contribution in [0.1, 0.15) is 11.1 Å². The van der Waals surface area contributed by atoms with Crippen molar-refractivity contribution in [2.24, 2.45) is 0 Å². The van der Waals surface area contributed by atoms with Crippen molar-refractivity contribution >= 4 is 33.6 Å². The quantitative estimate of drug-likeness (QED) is 0.293. The van der Waals surface area contributed by atoms with Gasteiger partial charge in [-0.3, -0.25) is 4.98 Å². The number of fused-ring (bicyclic) bond motifs is 1. The largest absolute Gasteiger partial charge is 0.333 e. The second-order valence-electron chi connectivity index (χ2n) is 7.22. The molecule has 5 rings (SSSR count). The van der Waals surface area contributed by atoms with Gasteiger partial charge in [0, 0.05) is 43.0 Å². The fraction of sp³-hybridized carbons (Fsp3) is 0.0870. The Labute approximate surface area is 190 Å². The summed E-state index contributed by atoms with van der Waals surface area (Å²) >= 11 is 1.98. The molecule has 0 saturated heterocycles. The second kappa shape index (κ2) is 8.18. The number of imidazole rings is 2. The van der Waals surface area contributed by atoms with Crippen molar-refractivity contribution in [2.75, 3.05) is 0 Å². The summed E-state index contributed by atoms with van der Waals surface area (Å²) in [5.74, 6) is 0.0891. The second-order valence-corrected chi connectivity index (χ2v) is 8.38. The molecule has 0 bridgehead atoms. The van der Waals surface area contributed by atoms with Gasteiger partial charge in [0.1, 0.15) is 17.5 Å². The number of rotatable bonds is 5. The third kappa shape index (κ3) is 4.07. The standard InChI is InChI=1S/C23H16F2IN5/c24-18-3-1-15(2-4-18)13-31-22-9-20(26)19(25)8-21(22)29-23(31)17-7-16(10-28-11-17)12-30-6-5-27-14-30/h1-11,14H,12-13H2. The summed E-state index contributed by atoms with van der Waals surface area (Å²) in [5.41, 5.74) is 4.12. The van der Waals surface area contributed by atoms with Crippen LogP contribution in [0.4, 0.5) is 8.78 Å². The molecule has 0 aliphatic rings. The van der Waals surface area contributed by atoms with Gasteiger partial charge in [0.25, 0.3) is 0 Å². The molecule has 0 unspecified atom stereocenters. The summed E-state index contributed by atoms with van der Waals surface area (Å²) < 4.78 is 32.1. The van der Waals surface area contributed by atoms with Crippen LogP contribution < -0.4 is 0 Å². The average molecular weight is 527 g/mol. The maximum Gasteiger partial charge on any atom is 0.143 e. The summed E-state index contributed by atoms with van der Waals surface area (Å²) in [6.07, 6.45) is 8.93. The zero-order valence-electron chi connectivity index (χ0n) is 16.2. The topological polar surface area (TPSA) is 48.5 Å². The van der Waals surface area contributed by atoms with Crippen LogP contribution in [0.5, 0.6) is 0 Å². The van der Waals surface area contributed by atoms with Gasteiger partial charge in [-0.2, -0.15) is 0 Å². The van der Waals surface area contributed by atoms with Gasteiger partial charge in [0.15, 0.2) is 0 Å². The van der Waals surface area contributed by atoms with Crippen molar-refractivity contribution < 1.29 is 8.78 Å². The van der Waals surface area contributed by atoms with Gasteiger partial charge in [0.05, 0.1) is 27.5 Å². The minimum atomic E-state index is -0.307. The molecule has 0 aliphatic heterocycles. The first-order chi connectivity index (χ1) is 15.1. The predicted molar refractivity (Wildman–Crippen MR) is 122 cm³/mol. The first-order valence-corrected chi connectivity index (χ1v) is 10.6. The van der Waals surface area contributed by atoms with Gasteiger partial charge in [-0.1, -0.05) is 12.1 Å². The van der Waals surface area contributed by atoms with E-state index in [1.807, 2.05) is 44.0 Å². The smallest absolute Gasteiger partial charge is 0.143 e. The van der Waals surface area contributed by atoms with Crippen molar-refractivity contribution in [3.05, 3.63) is 99.9 Å². The Kier molecular flexibility index (Phi) is 5.23. The molecular formula is C23H16F2IN5. The highest BCUT2D eigenvalue weighted by Crippen LogP contribution is 2.28. The molecule has 0 aliphatic carbocycles. The predicted octanol–water partition coefficient (Wildman–Crippen LogP) is 5.27. The summed E-state index contributed by atoms with van der Waals surface area (Å²) in [6, 6.07) is 11.6. The lowest BCUT2D eigenvalue weighted by Crippen LogP contribution is -2.04. The maximum absolute atomic E-state index is 14.2. The van der Waals surface area contributed by atoms with Crippen molar-refractivity contribution in [1.82, 2.24) is 24.1 Å². The van der Waals surface area contributed by atoms with Gasteiger partial charge >= 0.3 is 0 Å². The molecule has 3 heterocycles. The average Bonchev–Trinajstić information content (AvgIpc) is 3.39. The molecule has 0 fully saturated rings. The van der Waals surface area contributed by atoms with E-state index >= 15 is 0 Å². The zero-order chi connectivity index (χ0) is 21.4. The fourth-order valence-electron chi connectivity index (χ4n) is 3.56. The van der Waals surface area contributed by atoms with E-state index in [0.29, 0.717) is 28.0 Å². The highest BCUT2D eigenvalue weighted by atomic mass is 127. The molecular weight excluding hydrogens is 511 g/mol. The van der Waals surface area contributed by atoms with E-state index in [9.17, 15) is 8.78 Å². The van der Waals surface area contributed by atoms with E-state index < -0.39 is 0 Å². The lowest BCUT2D eigenvalue weighted by atomic mass is 10.1. The molecule has 3 aromatic heterocycles. The molecule has 0 radical (unpaired) electrons. The minimum Gasteiger partial charge on any atom is -0.333 e. The molecule has 0 spiro atoms. The normalized spacial score (nSPS) is 11.3. The van der Waals surface area contributed by atoms with Crippen LogP contribution in [0.2, 0.25) is 0 Å². The van der Waals surface area contributed by atoms with E-state index in [1.54, 1.807) is 43.1 Å². The van der Waals surface area contributed by atoms with Crippen LogP contribution in [0.25, 0.3) is 22.4 Å². The number of benzene rings is 2. The summed E-state index contributed by atoms with van der Waals surface area (Å²) in [5, 5.41) is 0. The number of pyridine rings is 1. The number of nitrogens with zero attached hydrogens (tertiary/aromatic N) is 5. The summed E-state index contributed by atoms with van der Waals surface area (Å²) in [7, 11) is 0. The van der Waals surface area contributed by atoms with Gasteiger partial charge in [-0.05, 0) is 58.0 Å². The van der Waals surface area contributed by atoms with Gasteiger partial charge in [0.2, 0.25) is 0 Å². The molecule has 154 valence electrons. The molecule has 0 atom stereocenters. The number of hydrogen-bond donors (Lipinski definition) is 0. The molecule has 8 heteroatoms. The van der Waals surface area contributed by atoms with Crippen molar-refractivity contribution in [3.8, 4) is 11.4 Å². The SMILES string of the molecule is Fc1ccc(Cn2c(-c3cncc(Cn4ccnc4)c3)nc3cc(F)c(I)cc32)cc1. The Morgan fingerprint density at radius 1 is 0.903 bits per heavy atom. The van der Waals surface area contributed by atoms with Crippen LogP contribution >= 0.6 is 22.6 Å². The van der Waals surface area contributed by atoms with Crippen molar-refractivity contribution in [2.45, 2.75) is 13.1 Å². The van der Waals surface area contributed by atoms with Gasteiger partial charge < -0.3 is 9.13 Å². The van der Waals surface area contributed by atoms with Crippen LogP contribution in [0, 0.1) is 15.2 Å². The Morgan fingerprint density at radius 3 is 2.52 bits per heavy atom. The van der Waals surface area contributed by atoms with Gasteiger partial charge in [-0.25, -0.2) is 18.7 Å². The van der Waals surface area contributed by atoms with Crippen LogP contribution in [0.3, 0.4) is 0 Å². The summed E-state index contributed by atoms with van der Waals surface area (Å²) in [4.78, 5) is 13.2. The van der Waals surface area contributed by atoms with Crippen LogP contribution in [-0.2, 0) is 13.1 Å². The number of halogens is 3. The Bertz CT molecular complexity index is 1360. The number of hydrogen-bond acceptors (Lipinski definition) is 3. The molecule has 5 aromatic rings. The first-order valence-electron chi connectivity index (χ1n) is 9.56. The van der Waals surface area contributed by atoms with Crippen molar-refractivity contribution in [1.29, 1.82) is 0 Å². The molecule has 2 aromatic carbocycles. The zero-order valence-corrected chi connectivity index (χ0v) is 18.4. The van der Waals surface area contributed by atoms with Gasteiger partial charge in [-0.15, -0.1) is 0 Å². The fourth-order valence-corrected chi connectivity index (χ4v) is 4.01. The van der Waals surface area contributed by atoms with E-state index in [1.165, 1.54) is 18.2 Å². The van der Waals surface area contributed by atoms with E-state index in [0.717, 1.165) is 22.2 Å². The van der Waals surface area contributed by atoms with Crippen LogP contribution in [0.15, 0.2) is 73.6 Å². The monoisotopic (exact) mass is 527 g/mol. The van der Waals surface area contributed by atoms with Crippen molar-refractivity contribution in [3.63, 3.8) is 0 Å². The Hall–Kier alpha value is -3.14. The van der Waals surface area contributed by atoms with E-state index in [4.69, 9.17) is 4.98 Å². The first kappa shape index (κ1) is 19.8. The third-order valence-electron chi connectivity index (χ3n) is 5.02. The lowest BCUT2D eigenvalue weighted by molar-refractivity contribution is 0.621. The molecule has 0 amide bonds. The highest BCUT2D eigenvalue weighted by molar-refractivity contribution is 14.1. The number of aromatic nitrogens is 5. The summed E-state index contributed by atoms with van der Waals surface area (Å²) in [6.45, 7) is 1.10. The lowest BCUT2D eigenvalue weighted by Gasteiger charge is -2.11. The van der Waals surface area contributed by atoms with E-state index in [2.05, 4.69) is 9.97 Å². The molecule has 31 heavy (non-hydrogen) atoms. The molecule has 0 N–H and O–H groups in total. The third-order valence-corrected chi connectivity index (χ3v) is 5.85. The highest BCUT2D eigenvalue weighted by Gasteiger charge is 2.16.